The van der Waals surface area contributed by atoms with Gasteiger partial charge in [0.1, 0.15) is 0 Å². The molecule has 0 radical (unpaired) electrons. The van der Waals surface area contributed by atoms with Gasteiger partial charge in [-0.3, -0.25) is 0 Å². The molecular weight excluding hydrogens is 326 g/mol. The van der Waals surface area contributed by atoms with Crippen LogP contribution in [0.4, 0.5) is 0 Å². The largest absolute Gasteiger partial charge is 0.303 e. The van der Waals surface area contributed by atoms with Crippen LogP contribution in [0.3, 0.4) is 0 Å². The molecule has 0 saturated carbocycles. The molecule has 1 heteroatoms. The maximum Gasteiger partial charge on any atom is -0.00187 e. The van der Waals surface area contributed by atoms with Crippen LogP contribution in [0.5, 0.6) is 0 Å². The zero-order chi connectivity index (χ0) is 19.8. The fourth-order valence-electron chi connectivity index (χ4n) is 4.20. The van der Waals surface area contributed by atoms with Crippen molar-refractivity contribution >= 4 is 0 Å². The summed E-state index contributed by atoms with van der Waals surface area (Å²) in [5.74, 6) is 0. The zero-order valence-corrected chi connectivity index (χ0v) is 19.7. The van der Waals surface area contributed by atoms with Gasteiger partial charge in [-0.1, -0.05) is 130 Å². The molecule has 1 nitrogen and oxygen atoms in total. The van der Waals surface area contributed by atoms with Crippen LogP contribution in [0.15, 0.2) is 0 Å². The first-order valence-electron chi connectivity index (χ1n) is 13.1. The van der Waals surface area contributed by atoms with Crippen molar-refractivity contribution in [1.82, 2.24) is 4.90 Å². The molecule has 0 saturated heterocycles. The lowest BCUT2D eigenvalue weighted by Crippen LogP contribution is -2.26. The van der Waals surface area contributed by atoms with Crippen molar-refractivity contribution in [1.29, 1.82) is 0 Å². The fourth-order valence-corrected chi connectivity index (χ4v) is 4.20. The molecule has 0 aromatic carbocycles. The highest BCUT2D eigenvalue weighted by atomic mass is 15.1. The summed E-state index contributed by atoms with van der Waals surface area (Å²) in [4.78, 5) is 2.66. The van der Waals surface area contributed by atoms with E-state index in [4.69, 9.17) is 0 Å². The standard InChI is InChI=1S/C26H55N/c1-4-7-8-9-10-11-12-13-14-15-16-17-18-19-20-21-22-23-26-27(24-5-2)25-6-3/h4-26H2,1-3H3. The Kier molecular flexibility index (Phi) is 24.0. The highest BCUT2D eigenvalue weighted by Crippen LogP contribution is 2.14. The van der Waals surface area contributed by atoms with Gasteiger partial charge in [-0.25, -0.2) is 0 Å². The molecule has 0 atom stereocenters. The molecule has 0 bridgehead atoms. The summed E-state index contributed by atoms with van der Waals surface area (Å²) in [5.41, 5.74) is 0. The van der Waals surface area contributed by atoms with E-state index in [1.54, 1.807) is 0 Å². The fraction of sp³-hybridized carbons (Fsp3) is 1.00. The van der Waals surface area contributed by atoms with Crippen molar-refractivity contribution in [2.45, 2.75) is 149 Å². The minimum absolute atomic E-state index is 1.30. The van der Waals surface area contributed by atoms with Gasteiger partial charge in [-0.15, -0.1) is 0 Å². The Morgan fingerprint density at radius 3 is 0.889 bits per heavy atom. The van der Waals surface area contributed by atoms with E-state index in [9.17, 15) is 0 Å². The van der Waals surface area contributed by atoms with Crippen molar-refractivity contribution in [3.05, 3.63) is 0 Å². The number of hydrogen-bond acceptors (Lipinski definition) is 1. The molecule has 27 heavy (non-hydrogen) atoms. The second-order valence-corrected chi connectivity index (χ2v) is 8.85. The molecule has 0 rings (SSSR count). The van der Waals surface area contributed by atoms with Crippen molar-refractivity contribution in [3.63, 3.8) is 0 Å². The Hall–Kier alpha value is -0.0400. The monoisotopic (exact) mass is 381 g/mol. The second-order valence-electron chi connectivity index (χ2n) is 8.85. The molecule has 0 N–H and O–H groups in total. The average molecular weight is 382 g/mol. The first kappa shape index (κ1) is 27.0. The Balaban J connectivity index is 3.12. The average Bonchev–Trinajstić information content (AvgIpc) is 2.67. The van der Waals surface area contributed by atoms with E-state index in [0.29, 0.717) is 0 Å². The second kappa shape index (κ2) is 24.0. The van der Waals surface area contributed by atoms with E-state index in [2.05, 4.69) is 25.7 Å². The molecule has 0 spiro atoms. The molecule has 0 aromatic heterocycles. The zero-order valence-electron chi connectivity index (χ0n) is 19.7. The summed E-state index contributed by atoms with van der Waals surface area (Å²) >= 11 is 0. The number of rotatable bonds is 23. The van der Waals surface area contributed by atoms with Gasteiger partial charge in [0.2, 0.25) is 0 Å². The van der Waals surface area contributed by atoms with E-state index >= 15 is 0 Å². The van der Waals surface area contributed by atoms with Crippen LogP contribution < -0.4 is 0 Å². The minimum Gasteiger partial charge on any atom is -0.303 e. The lowest BCUT2D eigenvalue weighted by atomic mass is 10.0. The Morgan fingerprint density at radius 1 is 0.296 bits per heavy atom. The van der Waals surface area contributed by atoms with E-state index in [0.717, 1.165) is 0 Å². The van der Waals surface area contributed by atoms with E-state index in [1.807, 2.05) is 0 Å². The van der Waals surface area contributed by atoms with Crippen LogP contribution in [0, 0.1) is 0 Å². The third-order valence-corrected chi connectivity index (χ3v) is 5.91. The summed E-state index contributed by atoms with van der Waals surface area (Å²) in [5, 5.41) is 0. The van der Waals surface area contributed by atoms with Crippen LogP contribution in [0.2, 0.25) is 0 Å². The van der Waals surface area contributed by atoms with Gasteiger partial charge in [0.05, 0.1) is 0 Å². The highest BCUT2D eigenvalue weighted by Gasteiger charge is 2.01. The topological polar surface area (TPSA) is 3.24 Å². The van der Waals surface area contributed by atoms with Gasteiger partial charge in [-0.2, -0.15) is 0 Å². The minimum atomic E-state index is 1.30. The first-order chi connectivity index (χ1) is 13.3. The normalized spacial score (nSPS) is 11.6. The molecule has 0 heterocycles. The third-order valence-electron chi connectivity index (χ3n) is 5.91. The van der Waals surface area contributed by atoms with Crippen molar-refractivity contribution in [2.24, 2.45) is 0 Å². The lowest BCUT2D eigenvalue weighted by molar-refractivity contribution is 0.267. The summed E-state index contributed by atoms with van der Waals surface area (Å²) in [6.07, 6.45) is 29.0. The molecule has 0 fully saturated rings. The maximum absolute atomic E-state index is 2.66. The van der Waals surface area contributed by atoms with Gasteiger partial charge in [-0.05, 0) is 38.9 Å². The molecule has 0 aromatic rings. The van der Waals surface area contributed by atoms with Crippen LogP contribution in [0.25, 0.3) is 0 Å². The van der Waals surface area contributed by atoms with Crippen LogP contribution in [-0.4, -0.2) is 24.5 Å². The van der Waals surface area contributed by atoms with Crippen molar-refractivity contribution < 1.29 is 0 Å². The lowest BCUT2D eigenvalue weighted by Gasteiger charge is -2.20. The molecule has 0 aliphatic heterocycles. The number of unbranched alkanes of at least 4 members (excludes halogenated alkanes) is 17. The van der Waals surface area contributed by atoms with Gasteiger partial charge in [0.15, 0.2) is 0 Å². The van der Waals surface area contributed by atoms with E-state index < -0.39 is 0 Å². The van der Waals surface area contributed by atoms with Gasteiger partial charge < -0.3 is 4.90 Å². The summed E-state index contributed by atoms with van der Waals surface area (Å²) in [7, 11) is 0. The predicted molar refractivity (Wildman–Crippen MR) is 126 cm³/mol. The highest BCUT2D eigenvalue weighted by molar-refractivity contribution is 4.57. The first-order valence-corrected chi connectivity index (χ1v) is 13.1. The van der Waals surface area contributed by atoms with E-state index in [-0.39, 0.29) is 0 Å². The summed E-state index contributed by atoms with van der Waals surface area (Å²) < 4.78 is 0. The van der Waals surface area contributed by atoms with Crippen LogP contribution in [0.1, 0.15) is 149 Å². The molecule has 164 valence electrons. The molecule has 0 aliphatic carbocycles. The molecule has 0 amide bonds. The van der Waals surface area contributed by atoms with E-state index in [1.165, 1.54) is 148 Å². The number of nitrogens with zero attached hydrogens (tertiary/aromatic N) is 1. The predicted octanol–water partition coefficient (Wildman–Crippen LogP) is 9.15. The maximum atomic E-state index is 2.66. The molecular formula is C26H55N. The Labute approximate surface area is 174 Å². The van der Waals surface area contributed by atoms with Crippen LogP contribution in [-0.2, 0) is 0 Å². The van der Waals surface area contributed by atoms with Gasteiger partial charge in [0, 0.05) is 0 Å². The SMILES string of the molecule is CCCCCCCCCCCCCCCCCCCCN(CCC)CCC. The van der Waals surface area contributed by atoms with Gasteiger partial charge in [0.25, 0.3) is 0 Å². The Bertz CT molecular complexity index is 245. The molecule has 0 aliphatic rings. The summed E-state index contributed by atoms with van der Waals surface area (Å²) in [6.45, 7) is 10.8. The van der Waals surface area contributed by atoms with Crippen molar-refractivity contribution in [2.75, 3.05) is 19.6 Å². The van der Waals surface area contributed by atoms with Crippen LogP contribution >= 0.6 is 0 Å². The number of hydrogen-bond donors (Lipinski definition) is 0. The van der Waals surface area contributed by atoms with Crippen molar-refractivity contribution in [3.8, 4) is 0 Å². The summed E-state index contributed by atoms with van der Waals surface area (Å²) in [6, 6.07) is 0. The quantitative estimate of drug-likeness (QED) is 0.159. The molecule has 0 unspecified atom stereocenters. The Morgan fingerprint density at radius 2 is 0.593 bits per heavy atom. The smallest absolute Gasteiger partial charge is 0.00187 e. The third kappa shape index (κ3) is 22.1. The van der Waals surface area contributed by atoms with Gasteiger partial charge >= 0.3 is 0 Å².